The number of hydrogen-bond donors (Lipinski definition) is 1. The second-order valence-corrected chi connectivity index (χ2v) is 3.24. The third kappa shape index (κ3) is 1.65. The maximum absolute atomic E-state index is 13.6. The molecule has 1 heterocycles. The van der Waals surface area contributed by atoms with Crippen LogP contribution in [0.1, 0.15) is 10.4 Å². The lowest BCUT2D eigenvalue weighted by Gasteiger charge is -2.03. The molecule has 6 heteroatoms. The number of aromatic carboxylic acids is 1. The summed E-state index contributed by atoms with van der Waals surface area (Å²) < 4.78 is 15.0. The summed E-state index contributed by atoms with van der Waals surface area (Å²) in [5, 5.41) is 16.0. The van der Waals surface area contributed by atoms with Gasteiger partial charge in [0.25, 0.3) is 0 Å². The standard InChI is InChI=1S/C10H8FN3O2/c1-14-9(5-12-13-14)7-3-2-6(10(15)16)4-8(7)11/h2-5H,1H3,(H,15,16). The Bertz CT molecular complexity index is 551. The summed E-state index contributed by atoms with van der Waals surface area (Å²) in [4.78, 5) is 10.6. The van der Waals surface area contributed by atoms with E-state index in [0.717, 1.165) is 6.07 Å². The van der Waals surface area contributed by atoms with E-state index >= 15 is 0 Å². The molecular formula is C10H8FN3O2. The van der Waals surface area contributed by atoms with E-state index in [1.54, 1.807) is 7.05 Å². The smallest absolute Gasteiger partial charge is 0.335 e. The number of benzene rings is 1. The second kappa shape index (κ2) is 3.73. The Morgan fingerprint density at radius 2 is 2.25 bits per heavy atom. The molecule has 0 spiro atoms. The van der Waals surface area contributed by atoms with Gasteiger partial charge in [-0.05, 0) is 18.2 Å². The van der Waals surface area contributed by atoms with Crippen LogP contribution in [0, 0.1) is 5.82 Å². The van der Waals surface area contributed by atoms with E-state index in [2.05, 4.69) is 10.3 Å². The molecule has 0 aliphatic carbocycles. The lowest BCUT2D eigenvalue weighted by atomic mass is 10.1. The summed E-state index contributed by atoms with van der Waals surface area (Å²) in [5.74, 6) is -1.76. The van der Waals surface area contributed by atoms with Gasteiger partial charge in [0.2, 0.25) is 0 Å². The van der Waals surface area contributed by atoms with E-state index in [4.69, 9.17) is 5.11 Å². The maximum atomic E-state index is 13.6. The minimum atomic E-state index is -1.16. The molecule has 2 aromatic rings. The third-order valence-electron chi connectivity index (χ3n) is 2.21. The quantitative estimate of drug-likeness (QED) is 0.830. The molecule has 16 heavy (non-hydrogen) atoms. The average Bonchev–Trinajstić information content (AvgIpc) is 2.64. The average molecular weight is 221 g/mol. The highest BCUT2D eigenvalue weighted by Crippen LogP contribution is 2.22. The Morgan fingerprint density at radius 3 is 2.75 bits per heavy atom. The minimum Gasteiger partial charge on any atom is -0.478 e. The molecule has 5 nitrogen and oxygen atoms in total. The summed E-state index contributed by atoms with van der Waals surface area (Å²) in [6.07, 6.45) is 1.42. The van der Waals surface area contributed by atoms with Crippen molar-refractivity contribution in [3.05, 3.63) is 35.8 Å². The molecule has 0 radical (unpaired) electrons. The van der Waals surface area contributed by atoms with Crippen LogP contribution in [0.4, 0.5) is 4.39 Å². The van der Waals surface area contributed by atoms with Crippen molar-refractivity contribution >= 4 is 5.97 Å². The monoisotopic (exact) mass is 221 g/mol. The van der Waals surface area contributed by atoms with E-state index in [9.17, 15) is 9.18 Å². The molecule has 0 aliphatic heterocycles. The van der Waals surface area contributed by atoms with Gasteiger partial charge in [-0.2, -0.15) is 0 Å². The van der Waals surface area contributed by atoms with Crippen molar-refractivity contribution in [2.75, 3.05) is 0 Å². The van der Waals surface area contributed by atoms with Gasteiger partial charge >= 0.3 is 5.97 Å². The van der Waals surface area contributed by atoms with Crippen molar-refractivity contribution in [3.8, 4) is 11.3 Å². The predicted octanol–water partition coefficient (Wildman–Crippen LogP) is 1.32. The van der Waals surface area contributed by atoms with E-state index in [0.29, 0.717) is 5.69 Å². The van der Waals surface area contributed by atoms with Gasteiger partial charge in [0.15, 0.2) is 0 Å². The fourth-order valence-corrected chi connectivity index (χ4v) is 1.39. The first kappa shape index (κ1) is 10.3. The van der Waals surface area contributed by atoms with Crippen molar-refractivity contribution in [1.29, 1.82) is 0 Å². The topological polar surface area (TPSA) is 68.0 Å². The number of carbonyl (C=O) groups is 1. The van der Waals surface area contributed by atoms with Crippen LogP contribution in [-0.4, -0.2) is 26.1 Å². The van der Waals surface area contributed by atoms with Gasteiger partial charge in [-0.3, -0.25) is 0 Å². The maximum Gasteiger partial charge on any atom is 0.335 e. The molecule has 1 aromatic carbocycles. The predicted molar refractivity (Wildman–Crippen MR) is 53.4 cm³/mol. The van der Waals surface area contributed by atoms with Crippen LogP contribution in [0.5, 0.6) is 0 Å². The molecule has 2 rings (SSSR count). The van der Waals surface area contributed by atoms with E-state index in [-0.39, 0.29) is 11.1 Å². The largest absolute Gasteiger partial charge is 0.478 e. The highest BCUT2D eigenvalue weighted by Gasteiger charge is 2.12. The van der Waals surface area contributed by atoms with Crippen LogP contribution in [0.3, 0.4) is 0 Å². The summed E-state index contributed by atoms with van der Waals surface area (Å²) in [7, 11) is 1.63. The van der Waals surface area contributed by atoms with Crippen LogP contribution in [0.2, 0.25) is 0 Å². The van der Waals surface area contributed by atoms with Gasteiger partial charge in [-0.25, -0.2) is 13.9 Å². The number of hydrogen-bond acceptors (Lipinski definition) is 3. The first-order valence-corrected chi connectivity index (χ1v) is 4.47. The molecule has 1 aromatic heterocycles. The molecular weight excluding hydrogens is 213 g/mol. The summed E-state index contributed by atoms with van der Waals surface area (Å²) in [5.41, 5.74) is 0.684. The van der Waals surface area contributed by atoms with Crippen molar-refractivity contribution in [3.63, 3.8) is 0 Å². The van der Waals surface area contributed by atoms with Crippen LogP contribution >= 0.6 is 0 Å². The lowest BCUT2D eigenvalue weighted by molar-refractivity contribution is 0.0696. The SMILES string of the molecule is Cn1nncc1-c1ccc(C(=O)O)cc1F. The van der Waals surface area contributed by atoms with Gasteiger partial charge in [-0.15, -0.1) is 5.10 Å². The number of aryl methyl sites for hydroxylation is 1. The normalized spacial score (nSPS) is 10.4. The van der Waals surface area contributed by atoms with Crippen molar-refractivity contribution in [2.24, 2.45) is 7.05 Å². The Morgan fingerprint density at radius 1 is 1.50 bits per heavy atom. The van der Waals surface area contributed by atoms with Gasteiger partial charge < -0.3 is 5.11 Å². The zero-order valence-corrected chi connectivity index (χ0v) is 8.38. The number of carboxylic acid groups (broad SMARTS) is 1. The molecule has 0 fully saturated rings. The lowest BCUT2D eigenvalue weighted by Crippen LogP contribution is -2.00. The van der Waals surface area contributed by atoms with Crippen LogP contribution < -0.4 is 0 Å². The van der Waals surface area contributed by atoms with Crippen molar-refractivity contribution in [2.45, 2.75) is 0 Å². The molecule has 0 bridgehead atoms. The molecule has 82 valence electrons. The highest BCUT2D eigenvalue weighted by atomic mass is 19.1. The molecule has 0 unspecified atom stereocenters. The second-order valence-electron chi connectivity index (χ2n) is 3.24. The molecule has 1 N–H and O–H groups in total. The number of rotatable bonds is 2. The summed E-state index contributed by atoms with van der Waals surface area (Å²) in [6, 6.07) is 3.72. The van der Waals surface area contributed by atoms with Gasteiger partial charge in [0.05, 0.1) is 17.5 Å². The van der Waals surface area contributed by atoms with E-state index < -0.39 is 11.8 Å². The highest BCUT2D eigenvalue weighted by molar-refractivity contribution is 5.88. The van der Waals surface area contributed by atoms with Gasteiger partial charge in [-0.1, -0.05) is 5.21 Å². The van der Waals surface area contributed by atoms with E-state index in [1.807, 2.05) is 0 Å². The molecule has 0 atom stereocenters. The zero-order chi connectivity index (χ0) is 11.7. The molecule has 0 saturated heterocycles. The third-order valence-corrected chi connectivity index (χ3v) is 2.21. The van der Waals surface area contributed by atoms with Crippen molar-refractivity contribution in [1.82, 2.24) is 15.0 Å². The molecule has 0 amide bonds. The van der Waals surface area contributed by atoms with Crippen LogP contribution in [0.25, 0.3) is 11.3 Å². The molecule has 0 saturated carbocycles. The Balaban J connectivity index is 2.52. The Hall–Kier alpha value is -2.24. The van der Waals surface area contributed by atoms with Gasteiger partial charge in [0.1, 0.15) is 5.82 Å². The van der Waals surface area contributed by atoms with Crippen LogP contribution in [0.15, 0.2) is 24.4 Å². The fraction of sp³-hybridized carbons (Fsp3) is 0.100. The Kier molecular flexibility index (Phi) is 2.40. The first-order valence-electron chi connectivity index (χ1n) is 4.47. The number of nitrogens with zero attached hydrogens (tertiary/aromatic N) is 3. The van der Waals surface area contributed by atoms with E-state index in [1.165, 1.54) is 23.0 Å². The van der Waals surface area contributed by atoms with Crippen LogP contribution in [-0.2, 0) is 7.05 Å². The number of carboxylic acids is 1. The number of halogens is 1. The zero-order valence-electron chi connectivity index (χ0n) is 8.38. The molecule has 0 aliphatic rings. The summed E-state index contributed by atoms with van der Waals surface area (Å²) >= 11 is 0. The first-order chi connectivity index (χ1) is 7.59. The van der Waals surface area contributed by atoms with Gasteiger partial charge in [0, 0.05) is 12.6 Å². The minimum absolute atomic E-state index is 0.0867. The Labute approximate surface area is 90.1 Å². The summed E-state index contributed by atoms with van der Waals surface area (Å²) in [6.45, 7) is 0. The fourth-order valence-electron chi connectivity index (χ4n) is 1.39. The van der Waals surface area contributed by atoms with Crippen molar-refractivity contribution < 1.29 is 14.3 Å². The number of aromatic nitrogens is 3.